The number of carbonyl (C=O) groups excluding carboxylic acids is 2. The van der Waals surface area contributed by atoms with Crippen LogP contribution < -0.4 is 16.4 Å². The van der Waals surface area contributed by atoms with Crippen molar-refractivity contribution in [3.05, 3.63) is 29.8 Å². The maximum absolute atomic E-state index is 12.1. The summed E-state index contributed by atoms with van der Waals surface area (Å²) in [6.07, 6.45) is 0.579. The number of amides is 2. The summed E-state index contributed by atoms with van der Waals surface area (Å²) in [6.45, 7) is 6.59. The van der Waals surface area contributed by atoms with E-state index in [-0.39, 0.29) is 11.8 Å². The molecular formula is C17H26N4O3. The lowest BCUT2D eigenvalue weighted by atomic mass is 10.1. The summed E-state index contributed by atoms with van der Waals surface area (Å²) >= 11 is 0. The van der Waals surface area contributed by atoms with E-state index in [0.29, 0.717) is 24.2 Å². The Labute approximate surface area is 142 Å². The van der Waals surface area contributed by atoms with Gasteiger partial charge in [0.2, 0.25) is 5.91 Å². The number of rotatable bonds is 7. The lowest BCUT2D eigenvalue weighted by molar-refractivity contribution is -0.117. The van der Waals surface area contributed by atoms with Crippen molar-refractivity contribution in [2.75, 3.05) is 44.7 Å². The largest absolute Gasteiger partial charge is 0.379 e. The predicted octanol–water partition coefficient (Wildman–Crippen LogP) is 0.424. The molecule has 2 rings (SSSR count). The van der Waals surface area contributed by atoms with E-state index in [1.807, 2.05) is 6.92 Å². The monoisotopic (exact) mass is 334 g/mol. The molecule has 7 heteroatoms. The molecule has 1 atom stereocenters. The minimum absolute atomic E-state index is 0.119. The molecule has 1 saturated heterocycles. The maximum Gasteiger partial charge on any atom is 0.251 e. The molecule has 1 aromatic carbocycles. The third-order valence-corrected chi connectivity index (χ3v) is 4.01. The lowest BCUT2D eigenvalue weighted by Crippen LogP contribution is -2.41. The highest BCUT2D eigenvalue weighted by atomic mass is 16.5. The first-order valence-electron chi connectivity index (χ1n) is 8.35. The van der Waals surface area contributed by atoms with Gasteiger partial charge in [0.1, 0.15) is 0 Å². The average molecular weight is 334 g/mol. The van der Waals surface area contributed by atoms with Crippen LogP contribution in [0.25, 0.3) is 0 Å². The van der Waals surface area contributed by atoms with Crippen molar-refractivity contribution in [3.63, 3.8) is 0 Å². The molecule has 0 spiro atoms. The van der Waals surface area contributed by atoms with Crippen LogP contribution in [-0.4, -0.2) is 62.1 Å². The van der Waals surface area contributed by atoms with Crippen LogP contribution in [0.1, 0.15) is 23.7 Å². The topological polar surface area (TPSA) is 96.7 Å². The van der Waals surface area contributed by atoms with E-state index in [1.54, 1.807) is 24.3 Å². The Bertz CT molecular complexity index is 541. The van der Waals surface area contributed by atoms with E-state index < -0.39 is 6.04 Å². The summed E-state index contributed by atoms with van der Waals surface area (Å²) in [5.41, 5.74) is 6.87. The third-order valence-electron chi connectivity index (χ3n) is 4.01. The third kappa shape index (κ3) is 5.59. The lowest BCUT2D eigenvalue weighted by Gasteiger charge is -2.26. The molecule has 0 aliphatic carbocycles. The molecule has 7 nitrogen and oxygen atoms in total. The molecule has 0 radical (unpaired) electrons. The molecule has 132 valence electrons. The summed E-state index contributed by atoms with van der Waals surface area (Å²) in [4.78, 5) is 26.1. The van der Waals surface area contributed by atoms with Gasteiger partial charge < -0.3 is 21.1 Å². The van der Waals surface area contributed by atoms with E-state index in [9.17, 15) is 9.59 Å². The van der Waals surface area contributed by atoms with E-state index in [4.69, 9.17) is 10.5 Å². The van der Waals surface area contributed by atoms with Crippen LogP contribution in [0.15, 0.2) is 24.3 Å². The minimum Gasteiger partial charge on any atom is -0.379 e. The Morgan fingerprint density at radius 1 is 1.25 bits per heavy atom. The van der Waals surface area contributed by atoms with Gasteiger partial charge in [0.15, 0.2) is 0 Å². The van der Waals surface area contributed by atoms with Gasteiger partial charge in [0, 0.05) is 37.4 Å². The Morgan fingerprint density at radius 3 is 2.54 bits per heavy atom. The summed E-state index contributed by atoms with van der Waals surface area (Å²) in [5.74, 6) is -0.341. The zero-order valence-electron chi connectivity index (χ0n) is 14.1. The standard InChI is InChI=1S/C17H26N4O3/c1-2-15(18)17(23)20-14-5-3-13(4-6-14)16(22)19-7-8-21-9-11-24-12-10-21/h3-6,15H,2,7-12,18H2,1H3,(H,19,22)(H,20,23)/t15-/m0/s1. The van der Waals surface area contributed by atoms with Gasteiger partial charge in [-0.1, -0.05) is 6.92 Å². The fraction of sp³-hybridized carbons (Fsp3) is 0.529. The SMILES string of the molecule is CC[C@H](N)C(=O)Nc1ccc(C(=O)NCCN2CCOCC2)cc1. The second-order valence-electron chi connectivity index (χ2n) is 5.79. The van der Waals surface area contributed by atoms with Gasteiger partial charge >= 0.3 is 0 Å². The number of benzene rings is 1. The number of nitrogens with two attached hydrogens (primary N) is 1. The summed E-state index contributed by atoms with van der Waals surface area (Å²) < 4.78 is 5.29. The number of hydrogen-bond donors (Lipinski definition) is 3. The molecule has 0 aromatic heterocycles. The number of carbonyl (C=O) groups is 2. The molecule has 0 unspecified atom stereocenters. The molecule has 2 amide bonds. The number of nitrogens with one attached hydrogen (secondary N) is 2. The fourth-order valence-electron chi connectivity index (χ4n) is 2.38. The van der Waals surface area contributed by atoms with Gasteiger partial charge in [-0.3, -0.25) is 14.5 Å². The van der Waals surface area contributed by atoms with Crippen molar-refractivity contribution in [1.82, 2.24) is 10.2 Å². The van der Waals surface area contributed by atoms with Crippen molar-refractivity contribution < 1.29 is 14.3 Å². The van der Waals surface area contributed by atoms with Crippen LogP contribution >= 0.6 is 0 Å². The highest BCUT2D eigenvalue weighted by molar-refractivity contribution is 5.97. The Morgan fingerprint density at radius 2 is 1.92 bits per heavy atom. The second kappa shape index (κ2) is 9.36. The molecule has 0 bridgehead atoms. The van der Waals surface area contributed by atoms with Crippen LogP contribution in [0, 0.1) is 0 Å². The minimum atomic E-state index is -0.520. The van der Waals surface area contributed by atoms with E-state index in [0.717, 1.165) is 32.8 Å². The van der Waals surface area contributed by atoms with Crippen LogP contribution in [0.5, 0.6) is 0 Å². The first kappa shape index (κ1) is 18.4. The number of nitrogens with zero attached hydrogens (tertiary/aromatic N) is 1. The number of morpholine rings is 1. The summed E-state index contributed by atoms with van der Waals surface area (Å²) in [5, 5.41) is 5.64. The van der Waals surface area contributed by atoms with Gasteiger partial charge in [-0.2, -0.15) is 0 Å². The molecule has 4 N–H and O–H groups in total. The molecule has 1 fully saturated rings. The second-order valence-corrected chi connectivity index (χ2v) is 5.79. The van der Waals surface area contributed by atoms with Gasteiger partial charge in [-0.15, -0.1) is 0 Å². The van der Waals surface area contributed by atoms with Gasteiger partial charge in [-0.25, -0.2) is 0 Å². The predicted molar refractivity (Wildman–Crippen MR) is 92.9 cm³/mol. The van der Waals surface area contributed by atoms with Crippen LogP contribution in [0.4, 0.5) is 5.69 Å². The van der Waals surface area contributed by atoms with Crippen molar-refractivity contribution >= 4 is 17.5 Å². The summed E-state index contributed by atoms with van der Waals surface area (Å²) in [6, 6.07) is 6.27. The molecular weight excluding hydrogens is 308 g/mol. The van der Waals surface area contributed by atoms with Crippen LogP contribution in [0.2, 0.25) is 0 Å². The molecule has 1 aliphatic rings. The molecule has 1 heterocycles. The van der Waals surface area contributed by atoms with E-state index in [1.165, 1.54) is 0 Å². The highest BCUT2D eigenvalue weighted by Crippen LogP contribution is 2.10. The summed E-state index contributed by atoms with van der Waals surface area (Å²) in [7, 11) is 0. The average Bonchev–Trinajstić information content (AvgIpc) is 2.62. The van der Waals surface area contributed by atoms with Crippen molar-refractivity contribution in [3.8, 4) is 0 Å². The first-order valence-corrected chi connectivity index (χ1v) is 8.35. The number of hydrogen-bond acceptors (Lipinski definition) is 5. The van der Waals surface area contributed by atoms with E-state index >= 15 is 0 Å². The maximum atomic E-state index is 12.1. The first-order chi connectivity index (χ1) is 11.6. The Balaban J connectivity index is 1.77. The molecule has 24 heavy (non-hydrogen) atoms. The molecule has 0 saturated carbocycles. The molecule has 1 aromatic rings. The van der Waals surface area contributed by atoms with Crippen LogP contribution in [0.3, 0.4) is 0 Å². The van der Waals surface area contributed by atoms with Gasteiger partial charge in [-0.05, 0) is 30.7 Å². The fourth-order valence-corrected chi connectivity index (χ4v) is 2.38. The van der Waals surface area contributed by atoms with Crippen LogP contribution in [-0.2, 0) is 9.53 Å². The zero-order chi connectivity index (χ0) is 17.4. The van der Waals surface area contributed by atoms with Gasteiger partial charge in [0.05, 0.1) is 19.3 Å². The van der Waals surface area contributed by atoms with Gasteiger partial charge in [0.25, 0.3) is 5.91 Å². The van der Waals surface area contributed by atoms with Crippen molar-refractivity contribution in [2.24, 2.45) is 5.73 Å². The number of anilines is 1. The smallest absolute Gasteiger partial charge is 0.251 e. The Kier molecular flexibility index (Phi) is 7.17. The normalized spacial score (nSPS) is 16.4. The Hall–Kier alpha value is -1.96. The number of ether oxygens (including phenoxy) is 1. The van der Waals surface area contributed by atoms with Crippen molar-refractivity contribution in [2.45, 2.75) is 19.4 Å². The van der Waals surface area contributed by atoms with E-state index in [2.05, 4.69) is 15.5 Å². The van der Waals surface area contributed by atoms with Crippen molar-refractivity contribution in [1.29, 1.82) is 0 Å². The zero-order valence-corrected chi connectivity index (χ0v) is 14.1. The molecule has 1 aliphatic heterocycles. The quantitative estimate of drug-likeness (QED) is 0.672. The highest BCUT2D eigenvalue weighted by Gasteiger charge is 2.12.